The maximum absolute atomic E-state index is 13.1. The van der Waals surface area contributed by atoms with Crippen LogP contribution >= 0.6 is 0 Å². The molecule has 2 aromatic rings. The summed E-state index contributed by atoms with van der Waals surface area (Å²) in [6.07, 6.45) is 5.10. The van der Waals surface area contributed by atoms with Crippen LogP contribution in [0.15, 0.2) is 66.7 Å². The number of carbonyl (C=O) groups is 4. The summed E-state index contributed by atoms with van der Waals surface area (Å²) in [4.78, 5) is 54.3. The van der Waals surface area contributed by atoms with Gasteiger partial charge in [-0.05, 0) is 36.0 Å². The molecule has 34 heavy (non-hydrogen) atoms. The topological polar surface area (TPSA) is 84.0 Å². The minimum atomic E-state index is -0.559. The fourth-order valence-corrected chi connectivity index (χ4v) is 5.93. The van der Waals surface area contributed by atoms with E-state index in [2.05, 4.69) is 12.2 Å². The Labute approximate surface area is 197 Å². The molecule has 2 aliphatic carbocycles. The van der Waals surface area contributed by atoms with Gasteiger partial charge in [0.05, 0.1) is 23.4 Å². The van der Waals surface area contributed by atoms with Gasteiger partial charge in [0.2, 0.25) is 17.7 Å². The van der Waals surface area contributed by atoms with Crippen LogP contribution in [0.5, 0.6) is 5.75 Å². The highest BCUT2D eigenvalue weighted by Gasteiger charge is 2.59. The number of carbonyl (C=O) groups excluding carboxylic acids is 4. The van der Waals surface area contributed by atoms with E-state index in [4.69, 9.17) is 4.74 Å². The Bertz CT molecular complexity index is 1190. The minimum absolute atomic E-state index is 0.0809. The number of anilines is 1. The van der Waals surface area contributed by atoms with Crippen molar-refractivity contribution in [3.05, 3.63) is 72.3 Å². The number of esters is 1. The average Bonchev–Trinajstić information content (AvgIpc) is 3.59. The quantitative estimate of drug-likeness (QED) is 0.299. The molecule has 0 radical (unpaired) electrons. The molecule has 2 bridgehead atoms. The summed E-state index contributed by atoms with van der Waals surface area (Å²) in [7, 11) is 0. The second-order valence-electron chi connectivity index (χ2n) is 9.59. The number of allylic oxidation sites excluding steroid dienone is 2. The maximum atomic E-state index is 13.1. The van der Waals surface area contributed by atoms with Crippen LogP contribution in [-0.4, -0.2) is 35.1 Å². The second kappa shape index (κ2) is 7.94. The van der Waals surface area contributed by atoms with Crippen molar-refractivity contribution in [3.63, 3.8) is 0 Å². The monoisotopic (exact) mass is 456 g/mol. The molecule has 2 saturated heterocycles. The van der Waals surface area contributed by atoms with Gasteiger partial charge in [0.15, 0.2) is 0 Å². The number of likely N-dealkylation sites (tertiary alicyclic amines) is 1. The molecule has 172 valence electrons. The number of imide groups is 1. The predicted molar refractivity (Wildman–Crippen MR) is 122 cm³/mol. The highest BCUT2D eigenvalue weighted by Crippen LogP contribution is 2.53. The average molecular weight is 456 g/mol. The Balaban J connectivity index is 1.14. The van der Waals surface area contributed by atoms with Crippen LogP contribution in [0.25, 0.3) is 0 Å². The molecule has 4 aliphatic rings. The van der Waals surface area contributed by atoms with E-state index in [0.29, 0.717) is 18.8 Å². The summed E-state index contributed by atoms with van der Waals surface area (Å²) in [5.41, 5.74) is 1.42. The normalized spacial score (nSPS) is 29.3. The van der Waals surface area contributed by atoms with Crippen LogP contribution < -0.4 is 9.64 Å². The molecule has 0 spiro atoms. The van der Waals surface area contributed by atoms with Gasteiger partial charge in [0, 0.05) is 25.6 Å². The Morgan fingerprint density at radius 1 is 0.912 bits per heavy atom. The zero-order valence-electron chi connectivity index (χ0n) is 18.5. The van der Waals surface area contributed by atoms with Crippen LogP contribution in [0.2, 0.25) is 0 Å². The summed E-state index contributed by atoms with van der Waals surface area (Å²) in [6, 6.07) is 16.2. The summed E-state index contributed by atoms with van der Waals surface area (Å²) < 4.78 is 5.59. The summed E-state index contributed by atoms with van der Waals surface area (Å²) in [5, 5.41) is 0. The number of hydrogen-bond donors (Lipinski definition) is 0. The second-order valence-corrected chi connectivity index (χ2v) is 9.59. The molecule has 0 N–H and O–H groups in total. The molecule has 3 amide bonds. The molecule has 3 fully saturated rings. The van der Waals surface area contributed by atoms with Gasteiger partial charge in [-0.15, -0.1) is 0 Å². The lowest BCUT2D eigenvalue weighted by Crippen LogP contribution is -2.32. The third-order valence-electron chi connectivity index (χ3n) is 7.53. The van der Waals surface area contributed by atoms with Crippen molar-refractivity contribution in [2.24, 2.45) is 29.6 Å². The van der Waals surface area contributed by atoms with Gasteiger partial charge in [-0.1, -0.05) is 48.6 Å². The van der Waals surface area contributed by atoms with Gasteiger partial charge in [-0.2, -0.15) is 0 Å². The van der Waals surface area contributed by atoms with Crippen molar-refractivity contribution >= 4 is 29.4 Å². The number of rotatable bonds is 5. The molecule has 2 aromatic carbocycles. The standard InChI is InChI=1S/C27H24N2O5/c30-22-12-19(15-28(22)14-16-5-2-1-3-6-16)27(33)34-21-8-4-7-20(13-21)29-25(31)23-17-9-10-18(11-17)24(23)26(29)32/h1-10,13,17-19,23-24H,11-12,14-15H2/t17-,18-,19+,23+,24+/m0/s1. The Hall–Kier alpha value is -3.74. The highest BCUT2D eigenvalue weighted by atomic mass is 16.5. The van der Waals surface area contributed by atoms with E-state index in [1.165, 1.54) is 4.90 Å². The first kappa shape index (κ1) is 20.8. The van der Waals surface area contributed by atoms with Gasteiger partial charge in [-0.3, -0.25) is 19.2 Å². The molecule has 5 atom stereocenters. The summed E-state index contributed by atoms with van der Waals surface area (Å²) in [5.74, 6) is -1.51. The van der Waals surface area contributed by atoms with E-state index in [1.54, 1.807) is 29.2 Å². The molecule has 7 heteroatoms. The van der Waals surface area contributed by atoms with E-state index in [9.17, 15) is 19.2 Å². The lowest BCUT2D eigenvalue weighted by molar-refractivity contribution is -0.139. The molecule has 0 aromatic heterocycles. The van der Waals surface area contributed by atoms with Gasteiger partial charge in [0.1, 0.15) is 5.75 Å². The molecule has 1 saturated carbocycles. The van der Waals surface area contributed by atoms with Crippen LogP contribution in [0.4, 0.5) is 5.69 Å². The number of benzene rings is 2. The van der Waals surface area contributed by atoms with Crippen LogP contribution in [0.1, 0.15) is 18.4 Å². The van der Waals surface area contributed by atoms with Crippen LogP contribution in [-0.2, 0) is 25.7 Å². The first-order chi connectivity index (χ1) is 16.5. The van der Waals surface area contributed by atoms with Gasteiger partial charge in [0.25, 0.3) is 0 Å². The van der Waals surface area contributed by atoms with E-state index in [-0.39, 0.29) is 53.6 Å². The SMILES string of the molecule is O=C(Oc1cccc(N2C(=O)[C@H]3[C@H](C2=O)[C@H]2C=C[C@H]3C2)c1)[C@@H]1CC(=O)N(Cc2ccccc2)C1. The molecule has 6 rings (SSSR count). The van der Waals surface area contributed by atoms with E-state index in [0.717, 1.165) is 12.0 Å². The molecule has 2 aliphatic heterocycles. The lowest BCUT2D eigenvalue weighted by Gasteiger charge is -2.18. The Morgan fingerprint density at radius 3 is 2.32 bits per heavy atom. The van der Waals surface area contributed by atoms with Crippen molar-refractivity contribution in [2.45, 2.75) is 19.4 Å². The fourth-order valence-electron chi connectivity index (χ4n) is 5.93. The summed E-state index contributed by atoms with van der Waals surface area (Å²) >= 11 is 0. The zero-order valence-corrected chi connectivity index (χ0v) is 18.5. The smallest absolute Gasteiger partial charge is 0.316 e. The molecular formula is C27H24N2O5. The summed E-state index contributed by atoms with van der Waals surface area (Å²) in [6.45, 7) is 0.756. The van der Waals surface area contributed by atoms with Crippen LogP contribution in [0, 0.1) is 29.6 Å². The Morgan fingerprint density at radius 2 is 1.62 bits per heavy atom. The van der Waals surface area contributed by atoms with Crippen molar-refractivity contribution in [1.82, 2.24) is 4.90 Å². The van der Waals surface area contributed by atoms with Gasteiger partial charge in [-0.25, -0.2) is 4.90 Å². The third-order valence-corrected chi connectivity index (χ3v) is 7.53. The zero-order chi connectivity index (χ0) is 23.4. The lowest BCUT2D eigenvalue weighted by atomic mass is 9.85. The van der Waals surface area contributed by atoms with E-state index >= 15 is 0 Å². The number of ether oxygens (including phenoxy) is 1. The van der Waals surface area contributed by atoms with Crippen molar-refractivity contribution in [1.29, 1.82) is 0 Å². The molecule has 7 nitrogen and oxygen atoms in total. The fraction of sp³-hybridized carbons (Fsp3) is 0.333. The number of hydrogen-bond acceptors (Lipinski definition) is 5. The van der Waals surface area contributed by atoms with Crippen LogP contribution in [0.3, 0.4) is 0 Å². The maximum Gasteiger partial charge on any atom is 0.316 e. The van der Waals surface area contributed by atoms with E-state index < -0.39 is 11.9 Å². The van der Waals surface area contributed by atoms with Crippen molar-refractivity contribution in [3.8, 4) is 5.75 Å². The molecular weight excluding hydrogens is 432 g/mol. The molecule has 0 unspecified atom stereocenters. The first-order valence-corrected chi connectivity index (χ1v) is 11.7. The van der Waals surface area contributed by atoms with Gasteiger partial charge < -0.3 is 9.64 Å². The Kier molecular flexibility index (Phi) is 4.86. The predicted octanol–water partition coefficient (Wildman–Crippen LogP) is 2.95. The minimum Gasteiger partial charge on any atom is -0.426 e. The highest BCUT2D eigenvalue weighted by molar-refractivity contribution is 6.22. The van der Waals surface area contributed by atoms with Crippen molar-refractivity contribution in [2.75, 3.05) is 11.4 Å². The number of amides is 3. The van der Waals surface area contributed by atoms with E-state index in [1.807, 2.05) is 30.3 Å². The van der Waals surface area contributed by atoms with Gasteiger partial charge >= 0.3 is 5.97 Å². The largest absolute Gasteiger partial charge is 0.426 e. The first-order valence-electron chi connectivity index (χ1n) is 11.7. The number of fused-ring (bicyclic) bond motifs is 5. The van der Waals surface area contributed by atoms with Crippen molar-refractivity contribution < 1.29 is 23.9 Å². The number of nitrogens with zero attached hydrogens (tertiary/aromatic N) is 2. The molecule has 2 heterocycles. The third kappa shape index (κ3) is 3.34.